The molecule has 0 N–H and O–H groups in total. The lowest BCUT2D eigenvalue weighted by molar-refractivity contribution is 0.590. The fourth-order valence-electron chi connectivity index (χ4n) is 3.11. The first-order valence-electron chi connectivity index (χ1n) is 9.96. The van der Waals surface area contributed by atoms with Crippen molar-refractivity contribution in [2.75, 3.05) is 0 Å². The van der Waals surface area contributed by atoms with Crippen LogP contribution >= 0.6 is 0 Å². The Morgan fingerprint density at radius 2 is 0.964 bits per heavy atom. The molecule has 0 heterocycles. The largest absolute Gasteiger partial charge is 0.0775 e. The third-order valence-corrected chi connectivity index (χ3v) is 7.14. The van der Waals surface area contributed by atoms with Crippen LogP contribution in [0.3, 0.4) is 0 Å². The van der Waals surface area contributed by atoms with E-state index in [1.807, 2.05) is 0 Å². The smallest absolute Gasteiger partial charge is 0.0656 e. The van der Waals surface area contributed by atoms with Gasteiger partial charge in [-0.25, -0.2) is 0 Å². The molecule has 0 saturated heterocycles. The quantitative estimate of drug-likeness (QED) is 0.346. The topological polar surface area (TPSA) is 0 Å². The number of benzene rings is 3. The Morgan fingerprint density at radius 1 is 0.571 bits per heavy atom. The lowest BCUT2D eigenvalue weighted by Crippen LogP contribution is -2.37. The van der Waals surface area contributed by atoms with E-state index in [1.54, 1.807) is 0 Å². The Balaban J connectivity index is 1.74. The summed E-state index contributed by atoms with van der Waals surface area (Å²) in [7, 11) is -1.24. The van der Waals surface area contributed by atoms with Gasteiger partial charge in [0.2, 0.25) is 0 Å². The maximum Gasteiger partial charge on any atom is 0.0775 e. The van der Waals surface area contributed by atoms with Crippen molar-refractivity contribution < 1.29 is 0 Å². The fourth-order valence-corrected chi connectivity index (χ4v) is 4.27. The van der Waals surface area contributed by atoms with Gasteiger partial charge < -0.3 is 0 Å². The van der Waals surface area contributed by atoms with Crippen molar-refractivity contribution in [3.63, 3.8) is 0 Å². The van der Waals surface area contributed by atoms with Crippen LogP contribution in [0.5, 0.6) is 0 Å². The summed E-state index contributed by atoms with van der Waals surface area (Å²) in [5, 5.41) is 1.47. The second-order valence-corrected chi connectivity index (χ2v) is 14.6. The standard InChI is InChI=1S/C27H30Si/c1-27(2,3)25-17-15-24(16-18-25)23-13-9-21(10-14-23)7-8-22-11-19-26(20-12-22)28(4,5)6/h9-20H,1-6H3. The molecular formula is C27H30Si. The predicted octanol–water partition coefficient (Wildman–Crippen LogP) is 6.60. The summed E-state index contributed by atoms with van der Waals surface area (Å²) in [4.78, 5) is 0. The lowest BCUT2D eigenvalue weighted by Gasteiger charge is -2.19. The molecule has 0 atom stereocenters. The second-order valence-electron chi connectivity index (χ2n) is 9.48. The van der Waals surface area contributed by atoms with Crippen LogP contribution in [0, 0.1) is 11.8 Å². The molecular weight excluding hydrogens is 352 g/mol. The molecule has 0 nitrogen and oxygen atoms in total. The normalized spacial score (nSPS) is 11.6. The molecule has 28 heavy (non-hydrogen) atoms. The molecule has 142 valence electrons. The first-order valence-corrected chi connectivity index (χ1v) is 13.5. The zero-order valence-corrected chi connectivity index (χ0v) is 18.9. The van der Waals surface area contributed by atoms with Gasteiger partial charge in [0.15, 0.2) is 0 Å². The zero-order valence-electron chi connectivity index (χ0n) is 17.9. The summed E-state index contributed by atoms with van der Waals surface area (Å²) < 4.78 is 0. The van der Waals surface area contributed by atoms with E-state index in [-0.39, 0.29) is 5.41 Å². The van der Waals surface area contributed by atoms with Crippen molar-refractivity contribution >= 4 is 13.3 Å². The molecule has 0 aliphatic carbocycles. The number of hydrogen-bond acceptors (Lipinski definition) is 0. The van der Waals surface area contributed by atoms with E-state index in [4.69, 9.17) is 0 Å². The highest BCUT2D eigenvalue weighted by Gasteiger charge is 2.15. The molecule has 0 fully saturated rings. The Kier molecular flexibility index (Phi) is 5.63. The van der Waals surface area contributed by atoms with E-state index in [0.717, 1.165) is 11.1 Å². The molecule has 0 unspecified atom stereocenters. The molecule has 0 amide bonds. The van der Waals surface area contributed by atoms with Crippen LogP contribution in [-0.2, 0) is 5.41 Å². The molecule has 0 radical (unpaired) electrons. The van der Waals surface area contributed by atoms with Gasteiger partial charge in [0.25, 0.3) is 0 Å². The monoisotopic (exact) mass is 382 g/mol. The number of rotatable bonds is 2. The van der Waals surface area contributed by atoms with Crippen molar-refractivity contribution in [3.8, 4) is 23.0 Å². The van der Waals surface area contributed by atoms with Crippen LogP contribution in [0.1, 0.15) is 37.5 Å². The van der Waals surface area contributed by atoms with Gasteiger partial charge in [0.1, 0.15) is 0 Å². The minimum Gasteiger partial charge on any atom is -0.0656 e. The van der Waals surface area contributed by atoms with E-state index in [1.165, 1.54) is 21.9 Å². The number of hydrogen-bond donors (Lipinski definition) is 0. The molecule has 3 rings (SSSR count). The minimum atomic E-state index is -1.24. The van der Waals surface area contributed by atoms with Gasteiger partial charge >= 0.3 is 0 Å². The third kappa shape index (κ3) is 5.03. The van der Waals surface area contributed by atoms with Crippen LogP contribution in [0.15, 0.2) is 72.8 Å². The van der Waals surface area contributed by atoms with Gasteiger partial charge in [-0.2, -0.15) is 0 Å². The van der Waals surface area contributed by atoms with Crippen molar-refractivity contribution in [3.05, 3.63) is 89.5 Å². The molecule has 0 spiro atoms. The minimum absolute atomic E-state index is 0.186. The van der Waals surface area contributed by atoms with Crippen LogP contribution in [0.25, 0.3) is 11.1 Å². The fraction of sp³-hybridized carbons (Fsp3) is 0.259. The summed E-state index contributed by atoms with van der Waals surface area (Å²) >= 11 is 0. The SMILES string of the molecule is CC(C)(C)c1ccc(-c2ccc(C#Cc3ccc([Si](C)(C)C)cc3)cc2)cc1. The van der Waals surface area contributed by atoms with Crippen molar-refractivity contribution in [2.45, 2.75) is 45.8 Å². The van der Waals surface area contributed by atoms with Crippen LogP contribution in [0.2, 0.25) is 19.6 Å². The maximum atomic E-state index is 3.29. The first-order chi connectivity index (χ1) is 13.1. The summed E-state index contributed by atoms with van der Waals surface area (Å²) in [6, 6.07) is 26.2. The van der Waals surface area contributed by atoms with Crippen molar-refractivity contribution in [1.82, 2.24) is 0 Å². The Labute approximate surface area is 171 Å². The van der Waals surface area contributed by atoms with E-state index in [9.17, 15) is 0 Å². The summed E-state index contributed by atoms with van der Waals surface area (Å²) in [5.74, 6) is 6.58. The Bertz CT molecular complexity index is 982. The predicted molar refractivity (Wildman–Crippen MR) is 126 cm³/mol. The summed E-state index contributed by atoms with van der Waals surface area (Å²) in [6.07, 6.45) is 0. The second kappa shape index (κ2) is 7.82. The van der Waals surface area contributed by atoms with Crippen molar-refractivity contribution in [2.24, 2.45) is 0 Å². The first kappa shape index (κ1) is 20.2. The Morgan fingerprint density at radius 3 is 1.36 bits per heavy atom. The van der Waals surface area contributed by atoms with Crippen LogP contribution < -0.4 is 5.19 Å². The van der Waals surface area contributed by atoms with E-state index >= 15 is 0 Å². The lowest BCUT2D eigenvalue weighted by atomic mass is 9.86. The molecule has 0 aliphatic rings. The van der Waals surface area contributed by atoms with E-state index < -0.39 is 8.07 Å². The highest BCUT2D eigenvalue weighted by atomic mass is 28.3. The van der Waals surface area contributed by atoms with E-state index in [0.29, 0.717) is 0 Å². The van der Waals surface area contributed by atoms with Gasteiger partial charge in [-0.15, -0.1) is 0 Å². The molecule has 0 saturated carbocycles. The van der Waals surface area contributed by atoms with Crippen molar-refractivity contribution in [1.29, 1.82) is 0 Å². The third-order valence-electron chi connectivity index (χ3n) is 5.07. The average Bonchev–Trinajstić information content (AvgIpc) is 2.66. The molecule has 0 aliphatic heterocycles. The molecule has 0 aromatic heterocycles. The highest BCUT2D eigenvalue weighted by molar-refractivity contribution is 6.88. The Hall–Kier alpha value is -2.56. The molecule has 3 aromatic rings. The molecule has 0 bridgehead atoms. The van der Waals surface area contributed by atoms with Gasteiger partial charge in [-0.05, 0) is 46.4 Å². The van der Waals surface area contributed by atoms with Crippen LogP contribution in [-0.4, -0.2) is 8.07 Å². The summed E-state index contributed by atoms with van der Waals surface area (Å²) in [5.41, 5.74) is 6.14. The zero-order chi connectivity index (χ0) is 20.4. The van der Waals surface area contributed by atoms with Gasteiger partial charge in [-0.3, -0.25) is 0 Å². The average molecular weight is 383 g/mol. The van der Waals surface area contributed by atoms with E-state index in [2.05, 4.69) is 125 Å². The van der Waals surface area contributed by atoms with Gasteiger partial charge in [0.05, 0.1) is 8.07 Å². The van der Waals surface area contributed by atoms with Crippen LogP contribution in [0.4, 0.5) is 0 Å². The van der Waals surface area contributed by atoms with Gasteiger partial charge in [0, 0.05) is 11.1 Å². The highest BCUT2D eigenvalue weighted by Crippen LogP contribution is 2.26. The molecule has 1 heteroatoms. The maximum absolute atomic E-state index is 3.29. The molecule has 3 aromatic carbocycles. The van der Waals surface area contributed by atoms with Gasteiger partial charge in [-0.1, -0.05) is 106 Å². The summed E-state index contributed by atoms with van der Waals surface area (Å²) in [6.45, 7) is 13.8.